The first-order valence-electron chi connectivity index (χ1n) is 9.40. The molecule has 0 saturated heterocycles. The molecule has 0 saturated carbocycles. The Kier molecular flexibility index (Phi) is 5.38. The quantitative estimate of drug-likeness (QED) is 0.490. The lowest BCUT2D eigenvalue weighted by atomic mass is 10.0. The van der Waals surface area contributed by atoms with E-state index in [0.717, 1.165) is 33.1 Å². The van der Waals surface area contributed by atoms with Crippen molar-refractivity contribution in [1.29, 1.82) is 0 Å². The predicted octanol–water partition coefficient (Wildman–Crippen LogP) is 3.28. The van der Waals surface area contributed by atoms with Crippen LogP contribution in [-0.2, 0) is 16.7 Å². The molecule has 4 rings (SSSR count). The van der Waals surface area contributed by atoms with Crippen molar-refractivity contribution in [3.05, 3.63) is 65.6 Å². The number of methoxy groups -OCH3 is 2. The maximum Gasteiger partial charge on any atom is 0.380 e. The number of ether oxygens (including phenoxy) is 2. The Balaban J connectivity index is 1.82. The maximum atomic E-state index is 11.4. The summed E-state index contributed by atoms with van der Waals surface area (Å²) in [6, 6.07) is 12.6. The molecule has 0 aliphatic rings. The van der Waals surface area contributed by atoms with Crippen LogP contribution in [0.5, 0.6) is 17.2 Å². The third kappa shape index (κ3) is 4.23. The van der Waals surface area contributed by atoms with E-state index in [2.05, 4.69) is 9.97 Å². The molecule has 4 aromatic rings. The van der Waals surface area contributed by atoms with E-state index in [9.17, 15) is 8.42 Å². The predicted molar refractivity (Wildman–Crippen MR) is 118 cm³/mol. The molecule has 0 spiro atoms. The molecule has 2 N–H and O–H groups in total. The summed E-state index contributed by atoms with van der Waals surface area (Å²) < 4.78 is 38.6. The molecule has 0 atom stereocenters. The van der Waals surface area contributed by atoms with Crippen LogP contribution in [0.2, 0.25) is 0 Å². The van der Waals surface area contributed by atoms with Gasteiger partial charge in [-0.3, -0.25) is 4.98 Å². The summed E-state index contributed by atoms with van der Waals surface area (Å²) in [6.07, 6.45) is 2.28. The van der Waals surface area contributed by atoms with Gasteiger partial charge in [-0.2, -0.15) is 13.6 Å². The summed E-state index contributed by atoms with van der Waals surface area (Å²) in [4.78, 5) is 9.15. The Morgan fingerprint density at radius 3 is 2.35 bits per heavy atom. The van der Waals surface area contributed by atoms with Gasteiger partial charge in [-0.05, 0) is 42.1 Å². The average molecular weight is 439 g/mol. The fourth-order valence-corrected chi connectivity index (χ4v) is 3.93. The Hall–Kier alpha value is -3.43. The van der Waals surface area contributed by atoms with Crippen LogP contribution in [0.3, 0.4) is 0 Å². The van der Waals surface area contributed by atoms with Crippen LogP contribution in [0.25, 0.3) is 21.7 Å². The fraction of sp³-hybridized carbons (Fsp3) is 0.182. The third-order valence-electron chi connectivity index (χ3n) is 4.99. The minimum Gasteiger partial charge on any atom is -0.493 e. The van der Waals surface area contributed by atoms with E-state index in [1.807, 2.05) is 43.5 Å². The molecule has 0 aliphatic heterocycles. The lowest BCUT2D eigenvalue weighted by molar-refractivity contribution is 0.356. The van der Waals surface area contributed by atoms with Gasteiger partial charge in [0.2, 0.25) is 0 Å². The van der Waals surface area contributed by atoms with Crippen molar-refractivity contribution < 1.29 is 22.1 Å². The standard InChI is InChI=1S/C22H21N3O5S/c1-13-17-10-20(28-2)21(29-3)11-18(17)15(12-24-13)9-16-8-7-14-5-4-6-19(22(14)25-16)30-31(23,26)27/h4-8,10-12H,9H2,1-3H3,(H2,23,26,27). The van der Waals surface area contributed by atoms with Crippen LogP contribution in [0, 0.1) is 6.92 Å². The number of fused-ring (bicyclic) bond motifs is 2. The highest BCUT2D eigenvalue weighted by molar-refractivity contribution is 7.84. The minimum absolute atomic E-state index is 0.0835. The summed E-state index contributed by atoms with van der Waals surface area (Å²) in [5.41, 5.74) is 2.95. The Bertz CT molecular complexity index is 1400. The van der Waals surface area contributed by atoms with Crippen molar-refractivity contribution in [2.24, 2.45) is 5.14 Å². The van der Waals surface area contributed by atoms with Crippen LogP contribution in [0.1, 0.15) is 17.0 Å². The molecule has 8 nitrogen and oxygen atoms in total. The normalized spacial score (nSPS) is 11.6. The summed E-state index contributed by atoms with van der Waals surface area (Å²) in [7, 11) is -0.978. The monoisotopic (exact) mass is 439 g/mol. The molecular weight excluding hydrogens is 418 g/mol. The van der Waals surface area contributed by atoms with Crippen LogP contribution in [-0.4, -0.2) is 32.6 Å². The summed E-state index contributed by atoms with van der Waals surface area (Å²) in [6.45, 7) is 1.93. The molecule has 0 bridgehead atoms. The molecule has 2 aromatic heterocycles. The highest BCUT2D eigenvalue weighted by Crippen LogP contribution is 2.35. The van der Waals surface area contributed by atoms with Crippen molar-refractivity contribution in [2.45, 2.75) is 13.3 Å². The molecule has 0 radical (unpaired) electrons. The number of aryl methyl sites for hydroxylation is 1. The number of rotatable bonds is 6. The van der Waals surface area contributed by atoms with E-state index in [-0.39, 0.29) is 5.75 Å². The second-order valence-electron chi connectivity index (χ2n) is 7.00. The van der Waals surface area contributed by atoms with Gasteiger partial charge in [0.15, 0.2) is 17.2 Å². The smallest absolute Gasteiger partial charge is 0.380 e. The average Bonchev–Trinajstić information content (AvgIpc) is 2.74. The van der Waals surface area contributed by atoms with Crippen molar-refractivity contribution in [1.82, 2.24) is 9.97 Å². The van der Waals surface area contributed by atoms with Crippen LogP contribution < -0.4 is 18.8 Å². The largest absolute Gasteiger partial charge is 0.493 e. The van der Waals surface area contributed by atoms with Gasteiger partial charge in [0.1, 0.15) is 5.52 Å². The van der Waals surface area contributed by atoms with E-state index in [0.29, 0.717) is 23.4 Å². The lowest BCUT2D eigenvalue weighted by Crippen LogP contribution is -2.19. The Labute approximate surface area is 179 Å². The second-order valence-corrected chi connectivity index (χ2v) is 8.16. The number of benzene rings is 2. The number of para-hydroxylation sites is 1. The zero-order valence-electron chi connectivity index (χ0n) is 17.2. The SMILES string of the molecule is COc1cc2c(Cc3ccc4cccc(OS(N)(=O)=O)c4n3)cnc(C)c2cc1OC. The van der Waals surface area contributed by atoms with E-state index in [4.69, 9.17) is 18.8 Å². The van der Waals surface area contributed by atoms with Gasteiger partial charge in [-0.15, -0.1) is 0 Å². The highest BCUT2D eigenvalue weighted by Gasteiger charge is 2.14. The Morgan fingerprint density at radius 1 is 0.968 bits per heavy atom. The van der Waals surface area contributed by atoms with Gasteiger partial charge < -0.3 is 13.7 Å². The minimum atomic E-state index is -4.16. The summed E-state index contributed by atoms with van der Waals surface area (Å²) in [5, 5.41) is 7.70. The molecule has 9 heteroatoms. The van der Waals surface area contributed by atoms with Crippen LogP contribution >= 0.6 is 0 Å². The van der Waals surface area contributed by atoms with Gasteiger partial charge in [-0.1, -0.05) is 18.2 Å². The van der Waals surface area contributed by atoms with Crippen LogP contribution in [0.15, 0.2) is 48.7 Å². The van der Waals surface area contributed by atoms with E-state index in [1.165, 1.54) is 6.07 Å². The van der Waals surface area contributed by atoms with Crippen LogP contribution in [0.4, 0.5) is 0 Å². The molecule has 0 fully saturated rings. The van der Waals surface area contributed by atoms with Crippen molar-refractivity contribution in [3.63, 3.8) is 0 Å². The Morgan fingerprint density at radius 2 is 1.68 bits per heavy atom. The number of nitrogens with two attached hydrogens (primary N) is 1. The van der Waals surface area contributed by atoms with Crippen molar-refractivity contribution >= 4 is 32.0 Å². The van der Waals surface area contributed by atoms with Crippen molar-refractivity contribution in [2.75, 3.05) is 14.2 Å². The molecule has 0 amide bonds. The van der Waals surface area contributed by atoms with Gasteiger partial charge in [0, 0.05) is 34.8 Å². The summed E-state index contributed by atoms with van der Waals surface area (Å²) in [5.74, 6) is 1.34. The molecule has 0 aliphatic carbocycles. The zero-order valence-corrected chi connectivity index (χ0v) is 18.1. The first-order chi connectivity index (χ1) is 14.8. The first-order valence-corrected chi connectivity index (χ1v) is 10.9. The second kappa shape index (κ2) is 8.01. The van der Waals surface area contributed by atoms with E-state index >= 15 is 0 Å². The molecule has 160 valence electrons. The number of pyridine rings is 2. The zero-order chi connectivity index (χ0) is 22.2. The van der Waals surface area contributed by atoms with E-state index < -0.39 is 10.3 Å². The number of nitrogens with zero attached hydrogens (tertiary/aromatic N) is 2. The van der Waals surface area contributed by atoms with Gasteiger partial charge in [0.05, 0.1) is 14.2 Å². The number of hydrogen-bond donors (Lipinski definition) is 1. The topological polar surface area (TPSA) is 114 Å². The van der Waals surface area contributed by atoms with E-state index in [1.54, 1.807) is 20.3 Å². The first kappa shape index (κ1) is 20.8. The number of hydrogen-bond acceptors (Lipinski definition) is 7. The molecule has 31 heavy (non-hydrogen) atoms. The molecule has 2 heterocycles. The molecular formula is C22H21N3O5S. The number of aromatic nitrogens is 2. The van der Waals surface area contributed by atoms with Gasteiger partial charge in [0.25, 0.3) is 0 Å². The van der Waals surface area contributed by atoms with Gasteiger partial charge >= 0.3 is 10.3 Å². The fourth-order valence-electron chi connectivity index (χ4n) is 3.54. The third-order valence-corrected chi connectivity index (χ3v) is 5.40. The lowest BCUT2D eigenvalue weighted by Gasteiger charge is -2.13. The van der Waals surface area contributed by atoms with Gasteiger partial charge in [-0.25, -0.2) is 4.98 Å². The molecule has 2 aromatic carbocycles. The van der Waals surface area contributed by atoms with Crippen molar-refractivity contribution in [3.8, 4) is 17.2 Å². The highest BCUT2D eigenvalue weighted by atomic mass is 32.2. The molecule has 0 unspecified atom stereocenters. The maximum absolute atomic E-state index is 11.4. The summed E-state index contributed by atoms with van der Waals surface area (Å²) >= 11 is 0.